The number of rotatable bonds is 6. The van der Waals surface area contributed by atoms with Gasteiger partial charge in [0.2, 0.25) is 0 Å². The van der Waals surface area contributed by atoms with Crippen LogP contribution in [0.4, 0.5) is 0 Å². The highest BCUT2D eigenvalue weighted by atomic mass is 35.5. The third kappa shape index (κ3) is 3.87. The summed E-state index contributed by atoms with van der Waals surface area (Å²) >= 11 is 6.60. The van der Waals surface area contributed by atoms with E-state index in [9.17, 15) is 9.59 Å². The number of carbonyl (C=O) groups excluding carboxylic acids is 2. The molecule has 0 saturated heterocycles. The first-order valence-electron chi connectivity index (χ1n) is 14.8. The van der Waals surface area contributed by atoms with Gasteiger partial charge in [-0.25, -0.2) is 0 Å². The SMILES string of the molecule is CC(=O)OC12CC3CCC4C(CCC5(C)C(C(C)CCCC(C)C)CCC45)C3(C)CC1C(Cl)C2=O. The lowest BCUT2D eigenvalue weighted by molar-refractivity contribution is -0.219. The Morgan fingerprint density at radius 3 is 2.37 bits per heavy atom. The van der Waals surface area contributed by atoms with E-state index in [-0.39, 0.29) is 23.1 Å². The van der Waals surface area contributed by atoms with Crippen LogP contribution in [0.25, 0.3) is 0 Å². The van der Waals surface area contributed by atoms with Crippen LogP contribution in [0.5, 0.6) is 0 Å². The molecule has 0 aliphatic heterocycles. The van der Waals surface area contributed by atoms with E-state index in [0.717, 1.165) is 41.9 Å². The van der Waals surface area contributed by atoms with Gasteiger partial charge in [-0.05, 0) is 104 Å². The average molecular weight is 505 g/mol. The third-order valence-corrected chi connectivity index (χ3v) is 12.9. The maximum atomic E-state index is 12.9. The molecule has 5 aliphatic carbocycles. The molecule has 11 atom stereocenters. The largest absolute Gasteiger partial charge is 0.451 e. The molecule has 0 radical (unpaired) electrons. The van der Waals surface area contributed by atoms with E-state index in [1.807, 2.05) is 0 Å². The van der Waals surface area contributed by atoms with Crippen LogP contribution in [0.15, 0.2) is 0 Å². The number of esters is 1. The molecule has 0 aromatic heterocycles. The summed E-state index contributed by atoms with van der Waals surface area (Å²) in [7, 11) is 0. The lowest BCUT2D eigenvalue weighted by Gasteiger charge is -2.66. The number of hydrogen-bond donors (Lipinski definition) is 0. The van der Waals surface area contributed by atoms with E-state index >= 15 is 0 Å². The highest BCUT2D eigenvalue weighted by Crippen LogP contribution is 2.71. The number of ether oxygens (including phenoxy) is 1. The van der Waals surface area contributed by atoms with E-state index in [0.29, 0.717) is 17.8 Å². The maximum absolute atomic E-state index is 12.9. The molecule has 0 spiro atoms. The minimum atomic E-state index is -0.928. The summed E-state index contributed by atoms with van der Waals surface area (Å²) in [6.07, 6.45) is 13.8. The Balaban J connectivity index is 1.33. The van der Waals surface area contributed by atoms with E-state index in [1.165, 1.54) is 64.7 Å². The number of Topliss-reactive ketones (excluding diaryl/α,β-unsaturated/α-hetero) is 1. The van der Waals surface area contributed by atoms with Crippen molar-refractivity contribution < 1.29 is 14.3 Å². The molecule has 0 aromatic rings. The number of ketones is 1. The fourth-order valence-corrected chi connectivity index (χ4v) is 11.2. The molecule has 3 nitrogen and oxygen atoms in total. The van der Waals surface area contributed by atoms with Gasteiger partial charge >= 0.3 is 5.97 Å². The van der Waals surface area contributed by atoms with Crippen molar-refractivity contribution in [3.63, 3.8) is 0 Å². The molecule has 11 unspecified atom stereocenters. The molecule has 5 aliphatic rings. The molecule has 0 N–H and O–H groups in total. The molecular weight excluding hydrogens is 456 g/mol. The second-order valence-corrected chi connectivity index (χ2v) is 14.9. The Kier molecular flexibility index (Phi) is 6.71. The normalized spacial score (nSPS) is 49.4. The summed E-state index contributed by atoms with van der Waals surface area (Å²) < 4.78 is 5.79. The van der Waals surface area contributed by atoms with Crippen LogP contribution in [-0.2, 0) is 14.3 Å². The van der Waals surface area contributed by atoms with Crippen molar-refractivity contribution in [3.8, 4) is 0 Å². The van der Waals surface area contributed by atoms with Crippen LogP contribution in [0.3, 0.4) is 0 Å². The van der Waals surface area contributed by atoms with Crippen molar-refractivity contribution in [2.45, 2.75) is 123 Å². The molecule has 0 aromatic carbocycles. The zero-order chi connectivity index (χ0) is 25.3. The Labute approximate surface area is 218 Å². The van der Waals surface area contributed by atoms with Crippen LogP contribution in [0.1, 0.15) is 112 Å². The first-order valence-corrected chi connectivity index (χ1v) is 15.3. The van der Waals surface area contributed by atoms with E-state index in [4.69, 9.17) is 16.3 Å². The zero-order valence-electron chi connectivity index (χ0n) is 23.1. The third-order valence-electron chi connectivity index (χ3n) is 12.4. The van der Waals surface area contributed by atoms with Gasteiger partial charge in [-0.3, -0.25) is 9.59 Å². The molecule has 198 valence electrons. The first-order chi connectivity index (χ1) is 16.4. The Bertz CT molecular complexity index is 854. The van der Waals surface area contributed by atoms with Crippen LogP contribution in [0, 0.1) is 58.2 Å². The molecule has 0 amide bonds. The van der Waals surface area contributed by atoms with Crippen molar-refractivity contribution in [1.82, 2.24) is 0 Å². The minimum Gasteiger partial charge on any atom is -0.451 e. The molecular formula is C31H49ClO3. The zero-order valence-corrected chi connectivity index (χ0v) is 23.8. The van der Waals surface area contributed by atoms with Gasteiger partial charge in [0.25, 0.3) is 0 Å². The van der Waals surface area contributed by atoms with E-state index in [1.54, 1.807) is 0 Å². The number of hydrogen-bond acceptors (Lipinski definition) is 3. The van der Waals surface area contributed by atoms with Crippen LogP contribution in [-0.4, -0.2) is 22.7 Å². The summed E-state index contributed by atoms with van der Waals surface area (Å²) in [5, 5.41) is -0.482. The predicted molar refractivity (Wildman–Crippen MR) is 141 cm³/mol. The fraction of sp³-hybridized carbons (Fsp3) is 0.935. The maximum Gasteiger partial charge on any atom is 0.303 e. The van der Waals surface area contributed by atoms with Gasteiger partial charge in [0.15, 0.2) is 11.4 Å². The number of alkyl halides is 1. The Hall–Kier alpha value is -0.570. The minimum absolute atomic E-state index is 0.00816. The van der Waals surface area contributed by atoms with Gasteiger partial charge in [-0.2, -0.15) is 0 Å². The highest BCUT2D eigenvalue weighted by molar-refractivity contribution is 6.36. The van der Waals surface area contributed by atoms with Gasteiger partial charge in [-0.15, -0.1) is 11.6 Å². The highest BCUT2D eigenvalue weighted by Gasteiger charge is 2.72. The van der Waals surface area contributed by atoms with Crippen molar-refractivity contribution in [3.05, 3.63) is 0 Å². The predicted octanol–water partition coefficient (Wildman–Crippen LogP) is 7.83. The van der Waals surface area contributed by atoms with Gasteiger partial charge < -0.3 is 4.74 Å². The lowest BCUT2D eigenvalue weighted by Crippen LogP contribution is -2.72. The fourth-order valence-electron chi connectivity index (χ4n) is 10.7. The van der Waals surface area contributed by atoms with E-state index < -0.39 is 11.0 Å². The summed E-state index contributed by atoms with van der Waals surface area (Å²) in [5.74, 6) is 5.01. The smallest absolute Gasteiger partial charge is 0.303 e. The molecule has 4 heteroatoms. The monoisotopic (exact) mass is 504 g/mol. The Morgan fingerprint density at radius 2 is 1.69 bits per heavy atom. The van der Waals surface area contributed by atoms with Gasteiger partial charge in [0.1, 0.15) is 5.38 Å². The molecule has 0 bridgehead atoms. The van der Waals surface area contributed by atoms with Crippen LogP contribution >= 0.6 is 11.6 Å². The molecule has 5 saturated carbocycles. The second-order valence-electron chi connectivity index (χ2n) is 14.5. The molecule has 5 fully saturated rings. The van der Waals surface area contributed by atoms with Crippen LogP contribution in [0.2, 0.25) is 0 Å². The lowest BCUT2D eigenvalue weighted by atomic mass is 9.40. The second kappa shape index (κ2) is 9.02. The van der Waals surface area contributed by atoms with Crippen molar-refractivity contribution in [1.29, 1.82) is 0 Å². The number of halogens is 1. The number of fused-ring (bicyclic) bond motifs is 6. The van der Waals surface area contributed by atoms with Crippen molar-refractivity contribution in [2.75, 3.05) is 0 Å². The molecule has 35 heavy (non-hydrogen) atoms. The van der Waals surface area contributed by atoms with Gasteiger partial charge in [0.05, 0.1) is 0 Å². The average Bonchev–Trinajstić information content (AvgIpc) is 3.15. The van der Waals surface area contributed by atoms with Crippen LogP contribution < -0.4 is 0 Å². The molecule has 5 rings (SSSR count). The summed E-state index contributed by atoms with van der Waals surface area (Å²) in [6.45, 7) is 13.9. The summed E-state index contributed by atoms with van der Waals surface area (Å²) in [6, 6.07) is 0. The Morgan fingerprint density at radius 1 is 0.971 bits per heavy atom. The number of carbonyl (C=O) groups is 2. The standard InChI is InChI=1S/C31H49ClO3/c1-18(2)8-7-9-19(3)23-12-13-24-22-11-10-21-16-31(35-20(4)33)26(27(32)28(31)34)17-30(21,6)25(22)14-15-29(23,24)5/h18-19,21-27H,7-17H2,1-6H3. The van der Waals surface area contributed by atoms with E-state index in [2.05, 4.69) is 34.6 Å². The first kappa shape index (κ1) is 26.1. The summed E-state index contributed by atoms with van der Waals surface area (Å²) in [4.78, 5) is 24.9. The quantitative estimate of drug-likeness (QED) is 0.273. The topological polar surface area (TPSA) is 43.4 Å². The molecule has 0 heterocycles. The summed E-state index contributed by atoms with van der Waals surface area (Å²) in [5.41, 5.74) is -0.213. The van der Waals surface area contributed by atoms with Gasteiger partial charge in [-0.1, -0.05) is 53.9 Å². The van der Waals surface area contributed by atoms with Crippen molar-refractivity contribution >= 4 is 23.4 Å². The van der Waals surface area contributed by atoms with Crippen molar-refractivity contribution in [2.24, 2.45) is 58.2 Å². The van der Waals surface area contributed by atoms with Gasteiger partial charge in [0, 0.05) is 12.8 Å².